The predicted molar refractivity (Wildman–Crippen MR) is 190 cm³/mol. The van der Waals surface area contributed by atoms with Crippen molar-refractivity contribution in [1.29, 1.82) is 0 Å². The van der Waals surface area contributed by atoms with E-state index in [0.717, 1.165) is 56.6 Å². The van der Waals surface area contributed by atoms with Crippen LogP contribution in [0.4, 0.5) is 5.69 Å². The molecule has 1 saturated carbocycles. The first-order chi connectivity index (χ1) is 23.5. The molecule has 10 nitrogen and oxygen atoms in total. The fourth-order valence-corrected chi connectivity index (χ4v) is 10.2. The summed E-state index contributed by atoms with van der Waals surface area (Å²) in [6, 6.07) is 12.2. The van der Waals surface area contributed by atoms with Crippen LogP contribution in [0.5, 0.6) is 5.75 Å². The van der Waals surface area contributed by atoms with Crippen LogP contribution in [0.1, 0.15) is 76.4 Å². The molecule has 0 saturated heterocycles. The van der Waals surface area contributed by atoms with E-state index in [0.29, 0.717) is 30.4 Å². The fraction of sp³-hybridized carbons (Fsp3) is 0.500. The van der Waals surface area contributed by atoms with E-state index in [-0.39, 0.29) is 28.8 Å². The lowest BCUT2D eigenvalue weighted by atomic mass is 9.68. The Balaban J connectivity index is 1.31. The molecular formula is C38H47N5O5S. The molecule has 4 aliphatic rings. The summed E-state index contributed by atoms with van der Waals surface area (Å²) in [5.74, 6) is 0.162. The Bertz CT molecular complexity index is 1910. The maximum Gasteiger partial charge on any atom is 0.286 e. The molecule has 1 fully saturated rings. The van der Waals surface area contributed by atoms with Gasteiger partial charge in [0.25, 0.3) is 11.8 Å². The van der Waals surface area contributed by atoms with Crippen molar-refractivity contribution in [2.24, 2.45) is 29.2 Å². The van der Waals surface area contributed by atoms with Crippen LogP contribution in [0.15, 0.2) is 65.3 Å². The average molecular weight is 686 g/mol. The molecular weight excluding hydrogens is 639 g/mol. The Kier molecular flexibility index (Phi) is 9.17. The molecule has 7 rings (SSSR count). The van der Waals surface area contributed by atoms with E-state index in [9.17, 15) is 13.8 Å². The third-order valence-corrected chi connectivity index (χ3v) is 12.9. The van der Waals surface area contributed by atoms with E-state index in [2.05, 4.69) is 56.4 Å². The molecule has 1 N–H and O–H groups in total. The van der Waals surface area contributed by atoms with Crippen LogP contribution < -0.4 is 14.4 Å². The molecule has 2 aliphatic carbocycles. The maximum atomic E-state index is 14.4. The Morgan fingerprint density at radius 2 is 2.04 bits per heavy atom. The van der Waals surface area contributed by atoms with Crippen molar-refractivity contribution in [3.63, 3.8) is 0 Å². The minimum atomic E-state index is -3.50. The first-order valence-corrected chi connectivity index (χ1v) is 19.1. The van der Waals surface area contributed by atoms with Gasteiger partial charge in [-0.15, -0.1) is 4.36 Å². The lowest BCUT2D eigenvalue weighted by Crippen LogP contribution is -2.49. The molecule has 2 aliphatic heterocycles. The van der Waals surface area contributed by atoms with E-state index in [1.807, 2.05) is 19.1 Å². The highest BCUT2D eigenvalue weighted by Gasteiger charge is 2.44. The SMILES string of the molecule is CO[C@H]1/C=C/C[C@H](C)C[S@@](=O)(NC(=O)c2cnn(C)c2)=NC(=O)c2ccc3c(c2)N(C[C@@H]2CC[C@H]21)C[C@@]1(CCCc2cc(C)ccc21)CO3. The van der Waals surface area contributed by atoms with Crippen molar-refractivity contribution < 1.29 is 23.3 Å². The quantitative estimate of drug-likeness (QED) is 0.347. The molecule has 260 valence electrons. The summed E-state index contributed by atoms with van der Waals surface area (Å²) in [5, 5.41) is 4.06. The van der Waals surface area contributed by atoms with E-state index < -0.39 is 21.7 Å². The number of amides is 2. The van der Waals surface area contributed by atoms with Crippen molar-refractivity contribution in [1.82, 2.24) is 14.5 Å². The van der Waals surface area contributed by atoms with Gasteiger partial charge < -0.3 is 14.4 Å². The Morgan fingerprint density at radius 3 is 2.80 bits per heavy atom. The van der Waals surface area contributed by atoms with Gasteiger partial charge in [0.1, 0.15) is 15.7 Å². The minimum Gasteiger partial charge on any atom is -0.490 e. The largest absolute Gasteiger partial charge is 0.490 e. The standard InChI is InChI=1S/C38H47N5O5S/c1-25-10-14-32-27(17-25)8-6-16-38(32)23-43-21-29-11-13-31(29)34(47-4)9-5-7-26(2)22-49(46,41-37(45)30-19-39-42(3)20-30)40-36(44)28-12-15-35(48-24-38)33(43)18-28/h5,9-10,12,14-15,17-20,26,29,31,34H,6-8,11,13,16,21-24H2,1-4H3,(H,40,41,44,45,46)/b9-5+/t26-,29-,31+,34-,38-,49-/m0/s1. The normalized spacial score (nSPS) is 30.5. The van der Waals surface area contributed by atoms with Gasteiger partial charge in [-0.1, -0.05) is 42.8 Å². The molecule has 1 aromatic heterocycles. The third kappa shape index (κ3) is 6.79. The van der Waals surface area contributed by atoms with Gasteiger partial charge in [0, 0.05) is 44.4 Å². The number of hydrogen-bond donors (Lipinski definition) is 1. The highest BCUT2D eigenvalue weighted by Crippen LogP contribution is 2.47. The number of nitrogens with one attached hydrogen (secondary N) is 1. The smallest absolute Gasteiger partial charge is 0.286 e. The lowest BCUT2D eigenvalue weighted by Gasteiger charge is -2.46. The summed E-state index contributed by atoms with van der Waals surface area (Å²) >= 11 is 0. The number of allylic oxidation sites excluding steroid dienone is 1. The van der Waals surface area contributed by atoms with Crippen molar-refractivity contribution in [3.05, 3.63) is 88.8 Å². The number of methoxy groups -OCH3 is 1. The number of aromatic nitrogens is 2. The number of nitrogens with zero attached hydrogens (tertiary/aromatic N) is 4. The van der Waals surface area contributed by atoms with Crippen LogP contribution in [0.25, 0.3) is 0 Å². The van der Waals surface area contributed by atoms with E-state index in [1.165, 1.54) is 27.6 Å². The fourth-order valence-electron chi connectivity index (χ4n) is 8.27. The summed E-state index contributed by atoms with van der Waals surface area (Å²) < 4.78 is 35.5. The van der Waals surface area contributed by atoms with Crippen LogP contribution >= 0.6 is 0 Å². The number of hydrogen-bond acceptors (Lipinski definition) is 7. The molecule has 2 aromatic carbocycles. The topological polar surface area (TPSA) is 115 Å². The number of ether oxygens (including phenoxy) is 2. The summed E-state index contributed by atoms with van der Waals surface area (Å²) in [4.78, 5) is 29.5. The van der Waals surface area contributed by atoms with Gasteiger partial charge >= 0.3 is 0 Å². The zero-order valence-corrected chi connectivity index (χ0v) is 29.7. The monoisotopic (exact) mass is 685 g/mol. The highest BCUT2D eigenvalue weighted by molar-refractivity contribution is 7.92. The molecule has 6 atom stereocenters. The second kappa shape index (κ2) is 13.4. The van der Waals surface area contributed by atoms with Crippen molar-refractivity contribution in [3.8, 4) is 5.75 Å². The van der Waals surface area contributed by atoms with E-state index in [4.69, 9.17) is 9.47 Å². The third-order valence-electron chi connectivity index (χ3n) is 10.9. The van der Waals surface area contributed by atoms with Gasteiger partial charge in [-0.05, 0) is 92.5 Å². The number of rotatable bonds is 3. The molecule has 2 amide bonds. The van der Waals surface area contributed by atoms with Crippen LogP contribution in [0.2, 0.25) is 0 Å². The van der Waals surface area contributed by atoms with Gasteiger partial charge in [0.05, 0.1) is 35.9 Å². The first kappa shape index (κ1) is 33.5. The van der Waals surface area contributed by atoms with Gasteiger partial charge in [0.15, 0.2) is 0 Å². The maximum absolute atomic E-state index is 14.4. The predicted octanol–water partition coefficient (Wildman–Crippen LogP) is 5.79. The zero-order chi connectivity index (χ0) is 34.3. The molecule has 0 radical (unpaired) electrons. The number of fused-ring (bicyclic) bond motifs is 4. The molecule has 3 heterocycles. The van der Waals surface area contributed by atoms with Crippen molar-refractivity contribution in [2.75, 3.05) is 37.5 Å². The van der Waals surface area contributed by atoms with Crippen molar-refractivity contribution in [2.45, 2.75) is 63.9 Å². The van der Waals surface area contributed by atoms with E-state index in [1.54, 1.807) is 26.4 Å². The van der Waals surface area contributed by atoms with Gasteiger partial charge in [0.2, 0.25) is 0 Å². The van der Waals surface area contributed by atoms with Crippen molar-refractivity contribution >= 4 is 27.4 Å². The van der Waals surface area contributed by atoms with Gasteiger partial charge in [-0.2, -0.15) is 5.10 Å². The average Bonchev–Trinajstić information content (AvgIpc) is 3.43. The number of aryl methyl sites for hydroxylation is 3. The second-order valence-electron chi connectivity index (χ2n) is 14.7. The number of carbonyl (C=O) groups excluding carboxylic acids is 2. The molecule has 3 aromatic rings. The summed E-state index contributed by atoms with van der Waals surface area (Å²) in [6.45, 7) is 6.22. The first-order valence-electron chi connectivity index (χ1n) is 17.5. The van der Waals surface area contributed by atoms with Crippen LogP contribution in [0, 0.1) is 24.7 Å². The highest BCUT2D eigenvalue weighted by atomic mass is 32.2. The Labute approximate surface area is 289 Å². The summed E-state index contributed by atoms with van der Waals surface area (Å²) in [5.41, 5.74) is 5.23. The minimum absolute atomic E-state index is 0.0143. The Hall–Kier alpha value is -3.96. The lowest BCUT2D eigenvalue weighted by molar-refractivity contribution is 0.0131. The number of benzene rings is 2. The Morgan fingerprint density at radius 1 is 1.18 bits per heavy atom. The molecule has 11 heteroatoms. The van der Waals surface area contributed by atoms with Gasteiger partial charge in [-0.25, -0.2) is 4.21 Å². The van der Waals surface area contributed by atoms with Crippen LogP contribution in [0.3, 0.4) is 0 Å². The molecule has 2 bridgehead atoms. The van der Waals surface area contributed by atoms with E-state index >= 15 is 0 Å². The molecule has 1 spiro atoms. The summed E-state index contributed by atoms with van der Waals surface area (Å²) in [7, 11) is -0.0300. The van der Waals surface area contributed by atoms with Gasteiger partial charge in [-0.3, -0.25) is 19.0 Å². The molecule has 49 heavy (non-hydrogen) atoms. The second-order valence-corrected chi connectivity index (χ2v) is 16.7. The molecule has 0 unspecified atom stereocenters. The van der Waals surface area contributed by atoms with Crippen LogP contribution in [-0.2, 0) is 33.5 Å². The summed E-state index contributed by atoms with van der Waals surface area (Å²) in [6.07, 6.45) is 13.1. The number of carbonyl (C=O) groups is 2. The number of anilines is 1. The zero-order valence-electron chi connectivity index (χ0n) is 28.9. The van der Waals surface area contributed by atoms with Crippen LogP contribution in [-0.4, -0.2) is 64.5 Å².